The summed E-state index contributed by atoms with van der Waals surface area (Å²) in [6, 6.07) is 0. The Morgan fingerprint density at radius 3 is 2.00 bits per heavy atom. The smallest absolute Gasteiger partial charge is 0.306 e. The normalized spacial score (nSPS) is 13.2. The monoisotopic (exact) mass is 423 g/mol. The summed E-state index contributed by atoms with van der Waals surface area (Å²) in [5.41, 5.74) is 0. The minimum Gasteiger partial charge on any atom is -0.550 e. The zero-order valence-electron chi connectivity index (χ0n) is 19.9. The number of carbonyl (C=O) groups excluding carboxylic acids is 2. The predicted octanol–water partition coefficient (Wildman–Crippen LogP) is 4.56. The number of hydrogen-bond donors (Lipinski definition) is 0. The Balaban J connectivity index is 3.77. The van der Waals surface area contributed by atoms with E-state index in [-0.39, 0.29) is 12.4 Å². The van der Waals surface area contributed by atoms with Crippen molar-refractivity contribution >= 4 is 11.9 Å². The molecule has 0 amide bonds. The van der Waals surface area contributed by atoms with Crippen LogP contribution in [0.1, 0.15) is 90.4 Å². The molecule has 0 aromatic heterocycles. The number of ether oxygens (including phenoxy) is 1. The van der Waals surface area contributed by atoms with E-state index >= 15 is 0 Å². The maximum absolute atomic E-state index is 12.0. The quantitative estimate of drug-likeness (QED) is 0.132. The van der Waals surface area contributed by atoms with E-state index in [2.05, 4.69) is 31.2 Å². The molecule has 30 heavy (non-hydrogen) atoms. The van der Waals surface area contributed by atoms with Gasteiger partial charge in [-0.05, 0) is 38.5 Å². The molecule has 0 spiro atoms. The molecule has 0 saturated heterocycles. The molecule has 0 aliphatic carbocycles. The third-order valence-electron chi connectivity index (χ3n) is 4.78. The van der Waals surface area contributed by atoms with Gasteiger partial charge in [0.25, 0.3) is 0 Å². The van der Waals surface area contributed by atoms with E-state index in [4.69, 9.17) is 4.74 Å². The van der Waals surface area contributed by atoms with Gasteiger partial charge in [-0.3, -0.25) is 4.79 Å². The fourth-order valence-corrected chi connectivity index (χ4v) is 3.27. The summed E-state index contributed by atoms with van der Waals surface area (Å²) in [6.07, 6.45) is 21.1. The molecule has 5 heteroatoms. The molecule has 5 nitrogen and oxygen atoms in total. The second-order valence-corrected chi connectivity index (χ2v) is 9.14. The van der Waals surface area contributed by atoms with Gasteiger partial charge in [-0.2, -0.15) is 0 Å². The number of allylic oxidation sites excluding steroid dienone is 4. The van der Waals surface area contributed by atoms with Crippen LogP contribution in [0.4, 0.5) is 0 Å². The molecule has 0 fully saturated rings. The van der Waals surface area contributed by atoms with Crippen LogP contribution in [0.3, 0.4) is 0 Å². The average Bonchev–Trinajstić information content (AvgIpc) is 2.63. The lowest BCUT2D eigenvalue weighted by Gasteiger charge is -2.29. The van der Waals surface area contributed by atoms with E-state index in [0.717, 1.165) is 25.7 Å². The Hall–Kier alpha value is -1.62. The molecule has 0 aromatic rings. The van der Waals surface area contributed by atoms with Crippen LogP contribution < -0.4 is 5.11 Å². The van der Waals surface area contributed by atoms with Crippen LogP contribution in [0.15, 0.2) is 24.3 Å². The summed E-state index contributed by atoms with van der Waals surface area (Å²) in [4.78, 5) is 22.8. The Bertz CT molecular complexity index is 506. The van der Waals surface area contributed by atoms with Gasteiger partial charge >= 0.3 is 5.97 Å². The molecule has 174 valence electrons. The molecule has 1 atom stereocenters. The van der Waals surface area contributed by atoms with Crippen LogP contribution in [0, 0.1) is 0 Å². The number of aliphatic carboxylic acids is 1. The largest absolute Gasteiger partial charge is 0.550 e. The van der Waals surface area contributed by atoms with Crippen LogP contribution in [0.25, 0.3) is 0 Å². The second kappa shape index (κ2) is 18.2. The lowest BCUT2D eigenvalue weighted by molar-refractivity contribution is -0.873. The summed E-state index contributed by atoms with van der Waals surface area (Å²) in [5, 5.41) is 10.9. The molecule has 0 bridgehead atoms. The van der Waals surface area contributed by atoms with E-state index in [1.807, 2.05) is 21.1 Å². The van der Waals surface area contributed by atoms with Crippen molar-refractivity contribution in [1.29, 1.82) is 0 Å². The van der Waals surface area contributed by atoms with Gasteiger partial charge in [-0.1, -0.05) is 63.3 Å². The molecular weight excluding hydrogens is 378 g/mol. The number of carboxylic acid groups (broad SMARTS) is 1. The van der Waals surface area contributed by atoms with Gasteiger partial charge in [-0.25, -0.2) is 0 Å². The SMILES string of the molecule is CCCCCCCC/C=C/C/C=C/CCCCC(=O)OC(CC(=O)[O-])C[N+](C)(C)C. The van der Waals surface area contributed by atoms with Crippen molar-refractivity contribution in [2.75, 3.05) is 27.7 Å². The molecule has 0 aliphatic heterocycles. The Morgan fingerprint density at radius 2 is 1.43 bits per heavy atom. The fourth-order valence-electron chi connectivity index (χ4n) is 3.27. The molecule has 0 heterocycles. The van der Waals surface area contributed by atoms with E-state index in [1.54, 1.807) is 0 Å². The van der Waals surface area contributed by atoms with Gasteiger partial charge in [0, 0.05) is 18.8 Å². The maximum Gasteiger partial charge on any atom is 0.306 e. The van der Waals surface area contributed by atoms with Crippen molar-refractivity contribution in [2.24, 2.45) is 0 Å². The third kappa shape index (κ3) is 21.1. The third-order valence-corrected chi connectivity index (χ3v) is 4.78. The molecule has 1 unspecified atom stereocenters. The minimum atomic E-state index is -1.19. The average molecular weight is 424 g/mol. The maximum atomic E-state index is 12.0. The summed E-state index contributed by atoms with van der Waals surface area (Å²) < 4.78 is 5.89. The van der Waals surface area contributed by atoms with Crippen molar-refractivity contribution in [3.05, 3.63) is 24.3 Å². The Labute approximate surface area is 184 Å². The fraction of sp³-hybridized carbons (Fsp3) is 0.760. The molecule has 0 N–H and O–H groups in total. The number of esters is 1. The number of unbranched alkanes of at least 4 members (excludes halogenated alkanes) is 8. The van der Waals surface area contributed by atoms with Gasteiger partial charge in [0.2, 0.25) is 0 Å². The Kier molecular flexibility index (Phi) is 17.2. The summed E-state index contributed by atoms with van der Waals surface area (Å²) in [7, 11) is 5.81. The first-order valence-corrected chi connectivity index (χ1v) is 11.7. The van der Waals surface area contributed by atoms with Gasteiger partial charge in [0.1, 0.15) is 6.54 Å². The predicted molar refractivity (Wildman–Crippen MR) is 122 cm³/mol. The van der Waals surface area contributed by atoms with Crippen molar-refractivity contribution in [1.82, 2.24) is 0 Å². The summed E-state index contributed by atoms with van der Waals surface area (Å²) >= 11 is 0. The number of rotatable bonds is 19. The first-order valence-electron chi connectivity index (χ1n) is 11.7. The molecular formula is C25H45NO4. The van der Waals surface area contributed by atoms with E-state index in [9.17, 15) is 14.7 Å². The first kappa shape index (κ1) is 28.4. The highest BCUT2D eigenvalue weighted by atomic mass is 16.5. The molecule has 0 aromatic carbocycles. The van der Waals surface area contributed by atoms with E-state index in [0.29, 0.717) is 17.4 Å². The standard InChI is InChI=1S/C25H45NO4/c1-5-6-7-8-9-10-11-12-13-14-15-16-17-18-19-20-25(29)30-23(21-24(27)28)22-26(2,3)4/h12-13,15-16,23H,5-11,14,17-22H2,1-4H3/b13-12+,16-15+. The van der Waals surface area contributed by atoms with E-state index in [1.165, 1.54) is 44.9 Å². The summed E-state index contributed by atoms with van der Waals surface area (Å²) in [6.45, 7) is 2.70. The molecule has 0 aliphatic rings. The number of hydrogen-bond acceptors (Lipinski definition) is 4. The number of likely N-dealkylation sites (N-methyl/N-ethyl adjacent to an activating group) is 1. The number of quaternary nitrogens is 1. The second-order valence-electron chi connectivity index (χ2n) is 9.14. The highest BCUT2D eigenvalue weighted by molar-refractivity contribution is 5.70. The van der Waals surface area contributed by atoms with Crippen LogP contribution in [0.2, 0.25) is 0 Å². The molecule has 0 radical (unpaired) electrons. The van der Waals surface area contributed by atoms with Crippen molar-refractivity contribution in [2.45, 2.75) is 96.5 Å². The number of carbonyl (C=O) groups is 2. The van der Waals surface area contributed by atoms with Gasteiger partial charge in [0.15, 0.2) is 6.10 Å². The number of carboxylic acids is 1. The zero-order valence-corrected chi connectivity index (χ0v) is 19.9. The van der Waals surface area contributed by atoms with Crippen LogP contribution in [-0.4, -0.2) is 50.2 Å². The minimum absolute atomic E-state index is 0.254. The van der Waals surface area contributed by atoms with Crippen molar-refractivity contribution < 1.29 is 23.9 Å². The van der Waals surface area contributed by atoms with Crippen LogP contribution in [0.5, 0.6) is 0 Å². The van der Waals surface area contributed by atoms with Crippen LogP contribution in [-0.2, 0) is 14.3 Å². The molecule has 0 rings (SSSR count). The van der Waals surface area contributed by atoms with Crippen molar-refractivity contribution in [3.63, 3.8) is 0 Å². The van der Waals surface area contributed by atoms with Crippen LogP contribution >= 0.6 is 0 Å². The summed E-state index contributed by atoms with van der Waals surface area (Å²) in [5.74, 6) is -1.51. The molecule has 0 saturated carbocycles. The highest BCUT2D eigenvalue weighted by Gasteiger charge is 2.22. The zero-order chi connectivity index (χ0) is 22.7. The van der Waals surface area contributed by atoms with Gasteiger partial charge < -0.3 is 19.1 Å². The lowest BCUT2D eigenvalue weighted by Crippen LogP contribution is -2.45. The highest BCUT2D eigenvalue weighted by Crippen LogP contribution is 2.09. The topological polar surface area (TPSA) is 66.4 Å². The van der Waals surface area contributed by atoms with E-state index < -0.39 is 12.1 Å². The Morgan fingerprint density at radius 1 is 0.867 bits per heavy atom. The van der Waals surface area contributed by atoms with Crippen molar-refractivity contribution in [3.8, 4) is 0 Å². The van der Waals surface area contributed by atoms with Gasteiger partial charge in [-0.15, -0.1) is 0 Å². The number of nitrogens with zero attached hydrogens (tertiary/aromatic N) is 1. The first-order chi connectivity index (χ1) is 14.2. The lowest BCUT2D eigenvalue weighted by atomic mass is 10.1. The van der Waals surface area contributed by atoms with Gasteiger partial charge in [0.05, 0.1) is 21.1 Å².